The second-order valence-electron chi connectivity index (χ2n) is 6.24. The molecule has 132 valence electrons. The van der Waals surface area contributed by atoms with E-state index in [0.29, 0.717) is 5.57 Å². The fourth-order valence-electron chi connectivity index (χ4n) is 3.13. The molecular weight excluding hydrogens is 306 g/mol. The van der Waals surface area contributed by atoms with Crippen LogP contribution in [-0.4, -0.2) is 91.6 Å². The molecular formula is C15H25NO7. The van der Waals surface area contributed by atoms with Crippen LogP contribution in [0.25, 0.3) is 0 Å². The average molecular weight is 331 g/mol. The minimum absolute atomic E-state index is 0.171. The summed E-state index contributed by atoms with van der Waals surface area (Å²) in [4.78, 5) is 0. The molecule has 0 fully saturated rings. The SMILES string of the molecule is C[C@@H]1[C@@H](O)[C@@H](N[C@H]2C=C(CO)[C@@H](O)[C@H](O)[C@H]2O)C=C(CO)[C@H]1O. The Morgan fingerprint density at radius 2 is 1.26 bits per heavy atom. The summed E-state index contributed by atoms with van der Waals surface area (Å²) in [5.74, 6) is -0.530. The van der Waals surface area contributed by atoms with Crippen LogP contribution in [0.4, 0.5) is 0 Å². The van der Waals surface area contributed by atoms with Gasteiger partial charge in [0.05, 0.1) is 37.5 Å². The fraction of sp³-hybridized carbons (Fsp3) is 0.733. The molecule has 0 aromatic carbocycles. The van der Waals surface area contributed by atoms with Crippen molar-refractivity contribution in [2.75, 3.05) is 13.2 Å². The van der Waals surface area contributed by atoms with E-state index in [1.165, 1.54) is 12.2 Å². The van der Waals surface area contributed by atoms with Crippen LogP contribution in [0.3, 0.4) is 0 Å². The van der Waals surface area contributed by atoms with E-state index in [2.05, 4.69) is 5.32 Å². The highest BCUT2D eigenvalue weighted by molar-refractivity contribution is 5.25. The summed E-state index contributed by atoms with van der Waals surface area (Å²) in [5.41, 5.74) is 0.530. The van der Waals surface area contributed by atoms with Gasteiger partial charge in [0.2, 0.25) is 0 Å². The zero-order valence-corrected chi connectivity index (χ0v) is 12.8. The van der Waals surface area contributed by atoms with E-state index in [9.17, 15) is 35.7 Å². The summed E-state index contributed by atoms with van der Waals surface area (Å²) in [6.07, 6.45) is -3.18. The first-order valence-electron chi connectivity index (χ1n) is 7.61. The molecule has 0 aromatic heterocycles. The van der Waals surface area contributed by atoms with Crippen LogP contribution >= 0.6 is 0 Å². The summed E-state index contributed by atoms with van der Waals surface area (Å²) in [6.45, 7) is 0.809. The maximum atomic E-state index is 10.3. The molecule has 0 amide bonds. The predicted molar refractivity (Wildman–Crippen MR) is 80.2 cm³/mol. The molecule has 0 radical (unpaired) electrons. The Morgan fingerprint density at radius 3 is 1.78 bits per heavy atom. The van der Waals surface area contributed by atoms with Crippen molar-refractivity contribution >= 4 is 0 Å². The minimum Gasteiger partial charge on any atom is -0.392 e. The molecule has 2 aliphatic rings. The lowest BCUT2D eigenvalue weighted by molar-refractivity contribution is -0.0687. The van der Waals surface area contributed by atoms with Crippen LogP contribution < -0.4 is 5.32 Å². The smallest absolute Gasteiger partial charge is 0.111 e. The largest absolute Gasteiger partial charge is 0.392 e. The van der Waals surface area contributed by atoms with Gasteiger partial charge in [-0.3, -0.25) is 5.32 Å². The van der Waals surface area contributed by atoms with Crippen molar-refractivity contribution in [3.05, 3.63) is 23.3 Å². The first-order chi connectivity index (χ1) is 10.8. The molecule has 8 atom stereocenters. The van der Waals surface area contributed by atoms with Crippen LogP contribution in [0.2, 0.25) is 0 Å². The van der Waals surface area contributed by atoms with Crippen molar-refractivity contribution in [3.63, 3.8) is 0 Å². The molecule has 8 nitrogen and oxygen atoms in total. The molecule has 0 aliphatic heterocycles. The van der Waals surface area contributed by atoms with Gasteiger partial charge in [0.15, 0.2) is 0 Å². The van der Waals surface area contributed by atoms with Gasteiger partial charge in [-0.2, -0.15) is 0 Å². The Kier molecular flexibility index (Phi) is 5.93. The van der Waals surface area contributed by atoms with Gasteiger partial charge in [-0.1, -0.05) is 19.1 Å². The van der Waals surface area contributed by atoms with Crippen molar-refractivity contribution in [2.24, 2.45) is 5.92 Å². The highest BCUT2D eigenvalue weighted by atomic mass is 16.4. The summed E-state index contributed by atoms with van der Waals surface area (Å²) in [6, 6.07) is -1.48. The Balaban J connectivity index is 2.23. The molecule has 0 saturated carbocycles. The van der Waals surface area contributed by atoms with Gasteiger partial charge in [-0.25, -0.2) is 0 Å². The van der Waals surface area contributed by atoms with Crippen molar-refractivity contribution in [3.8, 4) is 0 Å². The van der Waals surface area contributed by atoms with E-state index in [0.717, 1.165) is 0 Å². The van der Waals surface area contributed by atoms with E-state index in [4.69, 9.17) is 0 Å². The van der Waals surface area contributed by atoms with Gasteiger partial charge in [-0.15, -0.1) is 0 Å². The maximum absolute atomic E-state index is 10.3. The molecule has 0 saturated heterocycles. The average Bonchev–Trinajstić information content (AvgIpc) is 2.55. The summed E-state index contributed by atoms with van der Waals surface area (Å²) >= 11 is 0. The molecule has 8 heteroatoms. The van der Waals surface area contributed by atoms with E-state index in [1.54, 1.807) is 6.92 Å². The van der Waals surface area contributed by atoms with Crippen molar-refractivity contribution in [1.29, 1.82) is 0 Å². The van der Waals surface area contributed by atoms with E-state index in [1.807, 2.05) is 0 Å². The van der Waals surface area contributed by atoms with Crippen LogP contribution in [0.1, 0.15) is 6.92 Å². The summed E-state index contributed by atoms with van der Waals surface area (Å²) in [5, 5.41) is 71.4. The number of aliphatic hydroxyl groups excluding tert-OH is 7. The number of hydrogen-bond donors (Lipinski definition) is 8. The molecule has 23 heavy (non-hydrogen) atoms. The molecule has 0 bridgehead atoms. The molecule has 0 heterocycles. The molecule has 0 unspecified atom stereocenters. The molecule has 2 aliphatic carbocycles. The first kappa shape index (κ1) is 18.5. The highest BCUT2D eigenvalue weighted by Gasteiger charge is 2.41. The van der Waals surface area contributed by atoms with E-state index in [-0.39, 0.29) is 12.2 Å². The number of aliphatic hydroxyl groups is 7. The number of rotatable bonds is 4. The zero-order valence-electron chi connectivity index (χ0n) is 12.8. The van der Waals surface area contributed by atoms with Crippen LogP contribution in [0.5, 0.6) is 0 Å². The van der Waals surface area contributed by atoms with Crippen LogP contribution in [0, 0.1) is 5.92 Å². The number of nitrogens with one attached hydrogen (secondary N) is 1. The van der Waals surface area contributed by atoms with Gasteiger partial charge in [0, 0.05) is 5.92 Å². The fourth-order valence-corrected chi connectivity index (χ4v) is 3.13. The van der Waals surface area contributed by atoms with Gasteiger partial charge in [0.1, 0.15) is 18.3 Å². The third-order valence-corrected chi connectivity index (χ3v) is 4.74. The Hall–Kier alpha value is -0.840. The van der Waals surface area contributed by atoms with Crippen molar-refractivity contribution in [1.82, 2.24) is 5.32 Å². The lowest BCUT2D eigenvalue weighted by atomic mass is 9.81. The normalized spacial score (nSPS) is 44.7. The third-order valence-electron chi connectivity index (χ3n) is 4.74. The molecule has 0 aromatic rings. The lowest BCUT2D eigenvalue weighted by Gasteiger charge is -2.40. The summed E-state index contributed by atoms with van der Waals surface area (Å²) < 4.78 is 0. The Morgan fingerprint density at radius 1 is 0.783 bits per heavy atom. The van der Waals surface area contributed by atoms with Crippen molar-refractivity contribution < 1.29 is 35.7 Å². The lowest BCUT2D eigenvalue weighted by Crippen LogP contribution is -2.59. The first-order valence-corrected chi connectivity index (χ1v) is 7.61. The molecule has 8 N–H and O–H groups in total. The van der Waals surface area contributed by atoms with Crippen molar-refractivity contribution in [2.45, 2.75) is 49.5 Å². The zero-order chi connectivity index (χ0) is 17.3. The van der Waals surface area contributed by atoms with Gasteiger partial charge in [-0.05, 0) is 11.1 Å². The second kappa shape index (κ2) is 7.37. The quantitative estimate of drug-likeness (QED) is 0.248. The Labute approximate surface area is 134 Å². The Bertz CT molecular complexity index is 438. The minimum atomic E-state index is -1.47. The monoisotopic (exact) mass is 331 g/mol. The van der Waals surface area contributed by atoms with Crippen LogP contribution in [0.15, 0.2) is 23.3 Å². The maximum Gasteiger partial charge on any atom is 0.111 e. The second-order valence-corrected chi connectivity index (χ2v) is 6.24. The van der Waals surface area contributed by atoms with Gasteiger partial charge >= 0.3 is 0 Å². The molecule has 2 rings (SSSR count). The van der Waals surface area contributed by atoms with Gasteiger partial charge in [0.25, 0.3) is 0 Å². The third kappa shape index (κ3) is 3.49. The molecule has 0 spiro atoms. The standard InChI is InChI=1S/C15H25NO7/c1-6-11(19)7(4-17)2-9(12(6)20)16-10-3-8(5-18)13(21)15(23)14(10)22/h2-3,6,9-23H,4-5H2,1H3/t6-,9-,10-,11-,12+,13+,14-,15-/m0/s1. The van der Waals surface area contributed by atoms with E-state index >= 15 is 0 Å². The highest BCUT2D eigenvalue weighted by Crippen LogP contribution is 2.27. The van der Waals surface area contributed by atoms with E-state index < -0.39 is 55.1 Å². The van der Waals surface area contributed by atoms with Gasteiger partial charge < -0.3 is 35.7 Å². The number of hydrogen-bond acceptors (Lipinski definition) is 8. The van der Waals surface area contributed by atoms with Crippen LogP contribution in [-0.2, 0) is 0 Å². The predicted octanol–water partition coefficient (Wildman–Crippen LogP) is -3.38. The topological polar surface area (TPSA) is 154 Å². The summed E-state index contributed by atoms with van der Waals surface area (Å²) in [7, 11) is 0.